The average Bonchev–Trinajstić information content (AvgIpc) is 2.46. The molecule has 114 valence electrons. The maximum absolute atomic E-state index is 11.2. The van der Waals surface area contributed by atoms with E-state index in [4.69, 9.17) is 5.11 Å². The third kappa shape index (κ3) is 3.88. The van der Waals surface area contributed by atoms with Crippen molar-refractivity contribution in [3.63, 3.8) is 0 Å². The van der Waals surface area contributed by atoms with Gasteiger partial charge in [-0.25, -0.2) is 9.78 Å². The fourth-order valence-corrected chi connectivity index (χ4v) is 2.36. The Balaban J connectivity index is 2.05. The predicted molar refractivity (Wildman–Crippen MR) is 76.6 cm³/mol. The van der Waals surface area contributed by atoms with Crippen molar-refractivity contribution in [2.45, 2.75) is 12.8 Å². The summed E-state index contributed by atoms with van der Waals surface area (Å²) in [5, 5.41) is 22.8. The number of carboxylic acids is 1. The summed E-state index contributed by atoms with van der Waals surface area (Å²) < 4.78 is 0. The number of nitrogens with zero attached hydrogens (tertiary/aromatic N) is 3. The fraction of sp³-hybridized carbons (Fsp3) is 0.538. The first kappa shape index (κ1) is 15.2. The van der Waals surface area contributed by atoms with Crippen molar-refractivity contribution in [1.29, 1.82) is 0 Å². The van der Waals surface area contributed by atoms with Crippen molar-refractivity contribution in [3.8, 4) is 0 Å². The zero-order valence-electron chi connectivity index (χ0n) is 11.8. The van der Waals surface area contributed by atoms with Gasteiger partial charge in [0.05, 0.1) is 4.92 Å². The van der Waals surface area contributed by atoms with E-state index >= 15 is 0 Å². The van der Waals surface area contributed by atoms with E-state index in [0.29, 0.717) is 12.5 Å². The molecule has 1 aliphatic heterocycles. The Morgan fingerprint density at radius 2 is 2.24 bits per heavy atom. The number of nitro groups is 1. The van der Waals surface area contributed by atoms with Crippen LogP contribution in [-0.4, -0.2) is 52.6 Å². The molecule has 1 saturated heterocycles. The smallest absolute Gasteiger partial charge is 0.339 e. The lowest BCUT2D eigenvalue weighted by atomic mass is 9.97. The predicted octanol–water partition coefficient (Wildman–Crippen LogP) is 1.44. The molecule has 0 saturated carbocycles. The van der Waals surface area contributed by atoms with Crippen LogP contribution < -0.4 is 5.32 Å². The molecule has 1 aromatic rings. The van der Waals surface area contributed by atoms with E-state index < -0.39 is 10.9 Å². The van der Waals surface area contributed by atoms with Crippen molar-refractivity contribution >= 4 is 17.5 Å². The highest BCUT2D eigenvalue weighted by atomic mass is 16.6. The van der Waals surface area contributed by atoms with E-state index in [-0.39, 0.29) is 17.1 Å². The van der Waals surface area contributed by atoms with Crippen LogP contribution in [0.15, 0.2) is 12.3 Å². The van der Waals surface area contributed by atoms with Crippen molar-refractivity contribution in [2.24, 2.45) is 5.92 Å². The van der Waals surface area contributed by atoms with Gasteiger partial charge >= 0.3 is 5.97 Å². The summed E-state index contributed by atoms with van der Waals surface area (Å²) >= 11 is 0. The molecular formula is C13H18N4O4. The van der Waals surface area contributed by atoms with Crippen LogP contribution in [0.1, 0.15) is 23.2 Å². The molecule has 0 radical (unpaired) electrons. The highest BCUT2D eigenvalue weighted by molar-refractivity contribution is 5.93. The second kappa shape index (κ2) is 6.49. The van der Waals surface area contributed by atoms with Crippen molar-refractivity contribution < 1.29 is 14.8 Å². The lowest BCUT2D eigenvalue weighted by Gasteiger charge is -2.29. The molecule has 0 bridgehead atoms. The molecule has 8 heteroatoms. The third-order valence-corrected chi connectivity index (χ3v) is 3.71. The largest absolute Gasteiger partial charge is 0.478 e. The molecule has 2 N–H and O–H groups in total. The van der Waals surface area contributed by atoms with E-state index in [1.165, 1.54) is 0 Å². The molecule has 21 heavy (non-hydrogen) atoms. The molecule has 0 spiro atoms. The van der Waals surface area contributed by atoms with Crippen molar-refractivity contribution in [3.05, 3.63) is 27.9 Å². The highest BCUT2D eigenvalue weighted by Crippen LogP contribution is 2.21. The number of likely N-dealkylation sites (tertiary alicyclic amines) is 1. The van der Waals surface area contributed by atoms with Gasteiger partial charge < -0.3 is 15.3 Å². The summed E-state index contributed by atoms with van der Waals surface area (Å²) in [6, 6.07) is 1.03. The Labute approximate surface area is 121 Å². The first-order valence-corrected chi connectivity index (χ1v) is 6.77. The standard InChI is InChI=1S/C13H18N4O4/c1-16-4-2-9(3-5-16)7-14-12-11(13(18)19)6-10(8-15-12)17(20)21/h6,8-9H,2-5,7H2,1H3,(H,14,15)(H,18,19). The van der Waals surface area contributed by atoms with Gasteiger partial charge in [0.1, 0.15) is 17.6 Å². The topological polar surface area (TPSA) is 109 Å². The number of aromatic nitrogens is 1. The van der Waals surface area contributed by atoms with Gasteiger partial charge in [-0.3, -0.25) is 10.1 Å². The quantitative estimate of drug-likeness (QED) is 0.624. The number of pyridine rings is 1. The summed E-state index contributed by atoms with van der Waals surface area (Å²) in [4.78, 5) is 27.3. The molecule has 2 rings (SSSR count). The minimum Gasteiger partial charge on any atom is -0.478 e. The number of aromatic carboxylic acids is 1. The lowest BCUT2D eigenvalue weighted by molar-refractivity contribution is -0.385. The number of carbonyl (C=O) groups is 1. The van der Waals surface area contributed by atoms with Crippen LogP contribution in [0.4, 0.5) is 11.5 Å². The summed E-state index contributed by atoms with van der Waals surface area (Å²) in [5.74, 6) is -0.580. The molecule has 0 aliphatic carbocycles. The molecule has 2 heterocycles. The van der Waals surface area contributed by atoms with Crippen LogP contribution in [0.2, 0.25) is 0 Å². The molecule has 0 amide bonds. The molecule has 0 unspecified atom stereocenters. The molecule has 1 aliphatic rings. The Bertz CT molecular complexity index is 541. The maximum atomic E-state index is 11.2. The van der Waals surface area contributed by atoms with E-state index in [1.807, 2.05) is 0 Å². The number of hydrogen-bond donors (Lipinski definition) is 2. The van der Waals surface area contributed by atoms with Crippen LogP contribution in [0.3, 0.4) is 0 Å². The van der Waals surface area contributed by atoms with Gasteiger partial charge in [0.2, 0.25) is 0 Å². The Morgan fingerprint density at radius 1 is 1.57 bits per heavy atom. The zero-order chi connectivity index (χ0) is 15.4. The third-order valence-electron chi connectivity index (χ3n) is 3.71. The number of carboxylic acid groups (broad SMARTS) is 1. The maximum Gasteiger partial charge on any atom is 0.339 e. The van der Waals surface area contributed by atoms with E-state index in [2.05, 4.69) is 22.2 Å². The number of hydrogen-bond acceptors (Lipinski definition) is 6. The van der Waals surface area contributed by atoms with Gasteiger partial charge in [-0.1, -0.05) is 0 Å². The van der Waals surface area contributed by atoms with Gasteiger partial charge in [0, 0.05) is 12.6 Å². The monoisotopic (exact) mass is 294 g/mol. The minimum absolute atomic E-state index is 0.169. The molecular weight excluding hydrogens is 276 g/mol. The number of piperidine rings is 1. The van der Waals surface area contributed by atoms with E-state index in [0.717, 1.165) is 38.2 Å². The van der Waals surface area contributed by atoms with Crippen LogP contribution in [0.5, 0.6) is 0 Å². The number of rotatable bonds is 5. The number of nitrogens with one attached hydrogen (secondary N) is 1. The molecule has 8 nitrogen and oxygen atoms in total. The molecule has 0 atom stereocenters. The Hall–Kier alpha value is -2.22. The minimum atomic E-state index is -1.22. The second-order valence-corrected chi connectivity index (χ2v) is 5.28. The summed E-state index contributed by atoms with van der Waals surface area (Å²) in [6.45, 7) is 2.66. The zero-order valence-corrected chi connectivity index (χ0v) is 11.8. The van der Waals surface area contributed by atoms with Gasteiger partial charge in [-0.15, -0.1) is 0 Å². The van der Waals surface area contributed by atoms with E-state index in [9.17, 15) is 14.9 Å². The SMILES string of the molecule is CN1CCC(CNc2ncc([N+](=O)[O-])cc2C(=O)O)CC1. The summed E-state index contributed by atoms with van der Waals surface area (Å²) in [5.41, 5.74) is -0.491. The highest BCUT2D eigenvalue weighted by Gasteiger charge is 2.20. The summed E-state index contributed by atoms with van der Waals surface area (Å²) in [6.07, 6.45) is 3.15. The van der Waals surface area contributed by atoms with Crippen molar-refractivity contribution in [2.75, 3.05) is 32.0 Å². The normalized spacial score (nSPS) is 16.6. The van der Waals surface area contributed by atoms with Crippen LogP contribution in [-0.2, 0) is 0 Å². The van der Waals surface area contributed by atoms with Crippen LogP contribution >= 0.6 is 0 Å². The van der Waals surface area contributed by atoms with E-state index in [1.54, 1.807) is 0 Å². The fourth-order valence-electron chi connectivity index (χ4n) is 2.36. The Kier molecular flexibility index (Phi) is 4.69. The van der Waals surface area contributed by atoms with Gasteiger partial charge in [-0.05, 0) is 38.9 Å². The van der Waals surface area contributed by atoms with Gasteiger partial charge in [0.15, 0.2) is 0 Å². The van der Waals surface area contributed by atoms with Crippen molar-refractivity contribution in [1.82, 2.24) is 9.88 Å². The average molecular weight is 294 g/mol. The molecule has 1 fully saturated rings. The van der Waals surface area contributed by atoms with Gasteiger partial charge in [-0.2, -0.15) is 0 Å². The number of anilines is 1. The Morgan fingerprint density at radius 3 is 2.81 bits per heavy atom. The molecule has 0 aromatic carbocycles. The van der Waals surface area contributed by atoms with Gasteiger partial charge in [0.25, 0.3) is 5.69 Å². The van der Waals surface area contributed by atoms with Crippen LogP contribution in [0, 0.1) is 16.0 Å². The first-order valence-electron chi connectivity index (χ1n) is 6.77. The summed E-state index contributed by atoms with van der Waals surface area (Å²) in [7, 11) is 2.07. The second-order valence-electron chi connectivity index (χ2n) is 5.28. The van der Waals surface area contributed by atoms with Crippen LogP contribution in [0.25, 0.3) is 0 Å². The lowest BCUT2D eigenvalue weighted by Crippen LogP contribution is -2.33. The first-order chi connectivity index (χ1) is 9.97. The molecule has 1 aromatic heterocycles.